The maximum absolute atomic E-state index is 14.4. The Hall–Kier alpha value is -8.61. The number of fused-ring (bicyclic) bond motifs is 10. The first-order chi connectivity index (χ1) is 50.1. The van der Waals surface area contributed by atoms with Gasteiger partial charge in [-0.3, -0.25) is 9.59 Å². The maximum Gasteiger partial charge on any atom is 0.328 e. The van der Waals surface area contributed by atoms with Gasteiger partial charge in [-0.1, -0.05) is 80.1 Å². The van der Waals surface area contributed by atoms with Gasteiger partial charge in [-0.05, 0) is 201 Å². The molecule has 0 aromatic rings. The standard InChI is InChI=1S/C86H110N10O8/c1-16-21-23-27-35-103-53(14)78-49(10)66-39-64-47(8)57(82(93-64)59-37-74(97)80-51(12)68(95-84(59)80)41-70-55(18-3)45(6)62(88-70)43-72(78)90-66)30-32-76(99)87-34-26-25-29-61(86(101)102-20-5)92-77(100)33-31-58-48(9)65-40-67-50(11)79(54(15)104-36-28-24-22-17-2)73(91-67)44-63-46(7)56(19-4)71(89-63)42-69-52(13)81-75(98)38-60(83(58)94-65)85(81)96-69/h39-44,47-48,53-54,57-58,61,93-94,97-98H,16-38H2,1-15H3,(H,87,99)(H,92,100)/t47-,48?,53?,54?,57-,58-,61?/m0/s1. The van der Waals surface area contributed by atoms with Gasteiger partial charge in [0.1, 0.15) is 17.6 Å². The Morgan fingerprint density at radius 1 is 0.529 bits per heavy atom. The molecule has 12 rings (SSSR count). The summed E-state index contributed by atoms with van der Waals surface area (Å²) in [6.07, 6.45) is 26.1. The molecule has 0 aromatic heterocycles. The van der Waals surface area contributed by atoms with E-state index in [2.05, 4.69) is 141 Å². The van der Waals surface area contributed by atoms with Gasteiger partial charge in [0.15, 0.2) is 0 Å². The molecular weight excluding hydrogens is 1300 g/mol. The number of hydrogen-bond acceptors (Lipinski definition) is 16. The molecule has 104 heavy (non-hydrogen) atoms. The van der Waals surface area contributed by atoms with Crippen LogP contribution in [0.3, 0.4) is 0 Å². The summed E-state index contributed by atoms with van der Waals surface area (Å²) in [6.45, 7) is 33.6. The molecule has 2 amide bonds. The molecule has 10 aliphatic heterocycles. The summed E-state index contributed by atoms with van der Waals surface area (Å²) >= 11 is 0. The van der Waals surface area contributed by atoms with Gasteiger partial charge in [0.05, 0.1) is 87.3 Å². The van der Waals surface area contributed by atoms with Crippen molar-refractivity contribution < 1.29 is 38.8 Å². The van der Waals surface area contributed by atoms with E-state index < -0.39 is 12.0 Å². The second-order valence-electron chi connectivity index (χ2n) is 30.0. The number of amides is 2. The summed E-state index contributed by atoms with van der Waals surface area (Å²) in [4.78, 5) is 73.9. The molecule has 10 heterocycles. The molecule has 12 aliphatic rings. The number of ether oxygens (including phenoxy) is 3. The molecule has 0 aromatic carbocycles. The number of hydrogen-bond donors (Lipinski definition) is 6. The number of allylic oxidation sites excluding steroid dienone is 22. The zero-order chi connectivity index (χ0) is 73.9. The molecule has 18 heteroatoms. The Morgan fingerprint density at radius 3 is 1.41 bits per heavy atom. The van der Waals surface area contributed by atoms with Gasteiger partial charge in [-0.15, -0.1) is 0 Å². The molecule has 4 unspecified atom stereocenters. The van der Waals surface area contributed by atoms with Crippen molar-refractivity contribution in [1.29, 1.82) is 0 Å². The Kier molecular flexibility index (Phi) is 23.4. The van der Waals surface area contributed by atoms with Gasteiger partial charge < -0.3 is 45.7 Å². The molecule has 552 valence electrons. The Morgan fingerprint density at radius 2 is 0.971 bits per heavy atom. The van der Waals surface area contributed by atoms with Crippen LogP contribution in [-0.4, -0.2) is 107 Å². The van der Waals surface area contributed by atoms with Gasteiger partial charge in [0, 0.05) is 125 Å². The number of aliphatic imine (C=N–C) groups is 6. The van der Waals surface area contributed by atoms with Crippen LogP contribution in [0.5, 0.6) is 0 Å². The van der Waals surface area contributed by atoms with E-state index in [0.29, 0.717) is 64.7 Å². The molecule has 18 nitrogen and oxygen atoms in total. The SMILES string of the molecule is CCCCCCOC(C)C1=C(C)C2=NC1=CC1=NC(=CC3=C(C)C4=C(O)CC(=C5NC(=C2)C(C)[C@@H]5CCC(=O)NC(CCCCNC(=O)CC[C@@H]2C5=C6CC(O)=C7C6=NC(=C7C)C=C6N=C(C=C7N=C(C=C(N5)[C@H]2C)C(C)=C7C(C)OCCCCCC)C(C)=C6CC)C(=O)OCC)C4=N3)C(CC)=C1C. The number of rotatable bonds is 30. The van der Waals surface area contributed by atoms with Crippen molar-refractivity contribution in [2.45, 2.75) is 244 Å². The lowest BCUT2D eigenvalue weighted by atomic mass is 9.86. The molecule has 6 N–H and O–H groups in total. The van der Waals surface area contributed by atoms with Crippen LogP contribution in [0.2, 0.25) is 0 Å². The minimum Gasteiger partial charge on any atom is -0.511 e. The zero-order valence-electron chi connectivity index (χ0n) is 64.3. The molecule has 2 aliphatic carbocycles. The van der Waals surface area contributed by atoms with Crippen LogP contribution in [-0.2, 0) is 28.6 Å². The highest BCUT2D eigenvalue weighted by Crippen LogP contribution is 2.50. The molecule has 0 saturated carbocycles. The van der Waals surface area contributed by atoms with Crippen LogP contribution in [0.1, 0.15) is 226 Å². The third-order valence-electron chi connectivity index (χ3n) is 23.3. The Balaban J connectivity index is 0.727. The second-order valence-corrected chi connectivity index (χ2v) is 30.0. The van der Waals surface area contributed by atoms with Crippen molar-refractivity contribution in [3.63, 3.8) is 0 Å². The second kappa shape index (κ2) is 32.4. The number of aliphatic hydroxyl groups excluding tert-OH is 2. The minimum absolute atomic E-state index is 0.0404. The third kappa shape index (κ3) is 15.0. The molecule has 0 radical (unpaired) electrons. The summed E-state index contributed by atoms with van der Waals surface area (Å²) in [6, 6.07) is -0.888. The summed E-state index contributed by atoms with van der Waals surface area (Å²) in [5.41, 5.74) is 27.5. The maximum atomic E-state index is 14.4. The van der Waals surface area contributed by atoms with Crippen LogP contribution in [0.15, 0.2) is 213 Å². The highest BCUT2D eigenvalue weighted by atomic mass is 16.5. The summed E-state index contributed by atoms with van der Waals surface area (Å²) < 4.78 is 18.7. The normalized spacial score (nSPS) is 23.3. The van der Waals surface area contributed by atoms with Gasteiger partial charge in [0.2, 0.25) is 11.8 Å². The lowest BCUT2D eigenvalue weighted by Gasteiger charge is -2.20. The third-order valence-corrected chi connectivity index (χ3v) is 23.3. The monoisotopic (exact) mass is 1410 g/mol. The van der Waals surface area contributed by atoms with E-state index in [0.717, 1.165) is 221 Å². The van der Waals surface area contributed by atoms with Crippen LogP contribution in [0.25, 0.3) is 0 Å². The van der Waals surface area contributed by atoms with E-state index in [1.54, 1.807) is 6.92 Å². The fraction of sp³-hybridized carbons (Fsp3) is 0.523. The van der Waals surface area contributed by atoms with Crippen LogP contribution >= 0.6 is 0 Å². The Labute approximate surface area is 616 Å². The van der Waals surface area contributed by atoms with E-state index in [4.69, 9.17) is 44.2 Å². The summed E-state index contributed by atoms with van der Waals surface area (Å²) in [5, 5.41) is 37.5. The average Bonchev–Trinajstić information content (AvgIpc) is 1.59. The number of nitrogens with one attached hydrogen (secondary N) is 4. The van der Waals surface area contributed by atoms with Crippen molar-refractivity contribution in [3.05, 3.63) is 183 Å². The number of nitrogens with zero attached hydrogens (tertiary/aromatic N) is 6. The highest BCUT2D eigenvalue weighted by molar-refractivity contribution is 6.23. The van der Waals surface area contributed by atoms with Crippen LogP contribution in [0.4, 0.5) is 0 Å². The molecule has 0 spiro atoms. The molecule has 16 bridgehead atoms. The first kappa shape index (κ1) is 75.1. The van der Waals surface area contributed by atoms with Crippen molar-refractivity contribution in [2.24, 2.45) is 53.6 Å². The van der Waals surface area contributed by atoms with Crippen molar-refractivity contribution in [1.82, 2.24) is 21.3 Å². The average molecular weight is 1410 g/mol. The molecule has 2 saturated heterocycles. The van der Waals surface area contributed by atoms with Gasteiger partial charge in [-0.25, -0.2) is 34.7 Å². The number of unbranched alkanes of at least 4 members (excludes halogenated alkanes) is 7. The van der Waals surface area contributed by atoms with Crippen molar-refractivity contribution in [2.75, 3.05) is 26.4 Å². The highest BCUT2D eigenvalue weighted by Gasteiger charge is 2.44. The fourth-order valence-electron chi connectivity index (χ4n) is 17.1. The first-order valence-electron chi connectivity index (χ1n) is 39.0. The Bertz CT molecular complexity index is 4380. The molecule has 2 fully saturated rings. The van der Waals surface area contributed by atoms with E-state index in [1.165, 1.54) is 12.8 Å². The van der Waals surface area contributed by atoms with E-state index in [1.807, 2.05) is 13.8 Å². The lowest BCUT2D eigenvalue weighted by molar-refractivity contribution is -0.147. The first-order valence-corrected chi connectivity index (χ1v) is 39.0. The van der Waals surface area contributed by atoms with Gasteiger partial charge in [0.25, 0.3) is 0 Å². The van der Waals surface area contributed by atoms with E-state index >= 15 is 0 Å². The number of esters is 1. The topological polar surface area (TPSA) is 242 Å². The predicted molar refractivity (Wildman–Crippen MR) is 417 cm³/mol. The van der Waals surface area contributed by atoms with Crippen LogP contribution < -0.4 is 21.3 Å². The fourth-order valence-corrected chi connectivity index (χ4v) is 17.1. The quantitative estimate of drug-likeness (QED) is 0.0293. The minimum atomic E-state index is -0.888. The number of carbonyl (C=O) groups excluding carboxylic acids is 3. The van der Waals surface area contributed by atoms with Crippen molar-refractivity contribution >= 4 is 52.1 Å². The van der Waals surface area contributed by atoms with Crippen molar-refractivity contribution in [3.8, 4) is 0 Å². The van der Waals surface area contributed by atoms with E-state index in [9.17, 15) is 24.6 Å². The lowest BCUT2D eigenvalue weighted by Crippen LogP contribution is -2.42. The summed E-state index contributed by atoms with van der Waals surface area (Å²) in [5.74, 6) is -0.727. The predicted octanol–water partition coefficient (Wildman–Crippen LogP) is 17.2. The molecule has 7 atom stereocenters. The number of aliphatic hydroxyl groups is 2. The van der Waals surface area contributed by atoms with Gasteiger partial charge in [-0.2, -0.15) is 0 Å². The van der Waals surface area contributed by atoms with Crippen LogP contribution in [0, 0.1) is 23.7 Å². The number of carbonyl (C=O) groups is 3. The van der Waals surface area contributed by atoms with Gasteiger partial charge >= 0.3 is 5.97 Å². The van der Waals surface area contributed by atoms with E-state index in [-0.39, 0.29) is 78.7 Å². The smallest absolute Gasteiger partial charge is 0.328 e. The largest absolute Gasteiger partial charge is 0.511 e. The molecular formula is C86H110N10O8. The summed E-state index contributed by atoms with van der Waals surface area (Å²) in [7, 11) is 0. The zero-order valence-corrected chi connectivity index (χ0v) is 64.3.